The van der Waals surface area contributed by atoms with Gasteiger partial charge in [0, 0.05) is 32.4 Å². The average Bonchev–Trinajstić information content (AvgIpc) is 2.42. The van der Waals surface area contributed by atoms with Gasteiger partial charge in [0.05, 0.1) is 0 Å². The van der Waals surface area contributed by atoms with E-state index in [9.17, 15) is 9.59 Å². The summed E-state index contributed by atoms with van der Waals surface area (Å²) in [7, 11) is -2.70. The molecule has 2 N–H and O–H groups in total. The van der Waals surface area contributed by atoms with Crippen molar-refractivity contribution in [3.63, 3.8) is 0 Å². The molecule has 0 unspecified atom stereocenters. The zero-order valence-corrected chi connectivity index (χ0v) is 13.6. The van der Waals surface area contributed by atoms with Crippen molar-refractivity contribution in [2.24, 2.45) is 10.2 Å². The molecule has 122 valence electrons. The number of azo groups is 1. The van der Waals surface area contributed by atoms with Crippen LogP contribution in [0, 0.1) is 0 Å². The van der Waals surface area contributed by atoms with Crippen molar-refractivity contribution in [2.75, 3.05) is 26.4 Å². The first-order chi connectivity index (χ1) is 9.99. The predicted octanol–water partition coefficient (Wildman–Crippen LogP) is 2.26. The first-order valence-electron chi connectivity index (χ1n) is 6.84. The van der Waals surface area contributed by atoms with Gasteiger partial charge in [0.1, 0.15) is 0 Å². The summed E-state index contributed by atoms with van der Waals surface area (Å²) in [5, 5.41) is 16.3. The molecule has 0 rings (SSSR count). The minimum Gasteiger partial charge on any atom is -0.462 e. The molecule has 21 heavy (non-hydrogen) atoms. The SMILES string of the molecule is CCO[Si](CCCNC(=O)/N=N/C(=O)O)(OCC)OCC. The molecule has 10 heteroatoms. The van der Waals surface area contributed by atoms with E-state index in [0.29, 0.717) is 38.8 Å². The highest BCUT2D eigenvalue weighted by molar-refractivity contribution is 6.60. The Kier molecular flexibility index (Phi) is 10.6. The van der Waals surface area contributed by atoms with Gasteiger partial charge in [-0.2, -0.15) is 0 Å². The number of nitrogens with zero attached hydrogens (tertiary/aromatic N) is 2. The molecular weight excluding hydrogens is 298 g/mol. The third-order valence-electron chi connectivity index (χ3n) is 2.26. The van der Waals surface area contributed by atoms with Crippen LogP contribution < -0.4 is 5.32 Å². The second-order valence-electron chi connectivity index (χ2n) is 3.80. The Bertz CT molecular complexity index is 336. The van der Waals surface area contributed by atoms with Gasteiger partial charge in [0.25, 0.3) is 0 Å². The van der Waals surface area contributed by atoms with Crippen molar-refractivity contribution in [3.05, 3.63) is 0 Å². The summed E-state index contributed by atoms with van der Waals surface area (Å²) in [5.41, 5.74) is 0. The van der Waals surface area contributed by atoms with E-state index in [1.165, 1.54) is 0 Å². The van der Waals surface area contributed by atoms with Crippen LogP contribution in [0.5, 0.6) is 0 Å². The number of urea groups is 1. The minimum absolute atomic E-state index is 0.305. The van der Waals surface area contributed by atoms with Crippen molar-refractivity contribution in [2.45, 2.75) is 33.2 Å². The first kappa shape index (κ1) is 19.6. The van der Waals surface area contributed by atoms with E-state index in [-0.39, 0.29) is 0 Å². The largest absolute Gasteiger partial charge is 0.500 e. The normalized spacial score (nSPS) is 11.8. The smallest absolute Gasteiger partial charge is 0.462 e. The maximum absolute atomic E-state index is 11.1. The number of hydrogen-bond donors (Lipinski definition) is 2. The second-order valence-corrected chi connectivity index (χ2v) is 6.53. The summed E-state index contributed by atoms with van der Waals surface area (Å²) in [6, 6.07) is -0.243. The standard InChI is InChI=1S/C11H23N3O6Si/c1-4-18-21(19-5-2,20-6-3)9-7-8-12-10(15)13-14-11(16)17/h4-9H2,1-3H3,(H,12,15)(H,16,17)/b14-13+. The molecule has 0 aromatic carbocycles. The summed E-state index contributed by atoms with van der Waals surface area (Å²) in [6.45, 7) is 7.39. The van der Waals surface area contributed by atoms with Crippen LogP contribution in [0.2, 0.25) is 6.04 Å². The maximum Gasteiger partial charge on any atom is 0.500 e. The van der Waals surface area contributed by atoms with E-state index >= 15 is 0 Å². The van der Waals surface area contributed by atoms with Crippen molar-refractivity contribution in [3.8, 4) is 0 Å². The summed E-state index contributed by atoms with van der Waals surface area (Å²) in [4.78, 5) is 21.2. The molecule has 0 aliphatic rings. The third-order valence-corrected chi connectivity index (χ3v) is 5.41. The minimum atomic E-state index is -2.70. The lowest BCUT2D eigenvalue weighted by molar-refractivity contribution is 0.0708. The first-order valence-corrected chi connectivity index (χ1v) is 8.77. The second kappa shape index (κ2) is 11.3. The number of carbonyl (C=O) groups excluding carboxylic acids is 1. The molecule has 0 spiro atoms. The van der Waals surface area contributed by atoms with Crippen LogP contribution in [0.1, 0.15) is 27.2 Å². The third kappa shape index (κ3) is 9.23. The van der Waals surface area contributed by atoms with Crippen LogP contribution in [-0.4, -0.2) is 52.4 Å². The van der Waals surface area contributed by atoms with E-state index in [1.807, 2.05) is 20.8 Å². The van der Waals surface area contributed by atoms with Gasteiger partial charge in [-0.25, -0.2) is 9.59 Å². The van der Waals surface area contributed by atoms with Gasteiger partial charge in [-0.1, -0.05) is 10.2 Å². The van der Waals surface area contributed by atoms with Crippen LogP contribution in [0.3, 0.4) is 0 Å². The predicted molar refractivity (Wildman–Crippen MR) is 76.3 cm³/mol. The summed E-state index contributed by atoms with van der Waals surface area (Å²) >= 11 is 0. The average molecular weight is 321 g/mol. The summed E-state index contributed by atoms with van der Waals surface area (Å²) in [6.07, 6.45) is -0.943. The van der Waals surface area contributed by atoms with Gasteiger partial charge >= 0.3 is 20.9 Å². The fraction of sp³-hybridized carbons (Fsp3) is 0.818. The molecule has 0 aromatic rings. The van der Waals surface area contributed by atoms with Gasteiger partial charge in [-0.15, -0.1) is 0 Å². The number of amides is 3. The van der Waals surface area contributed by atoms with Gasteiger partial charge in [-0.05, 0) is 27.2 Å². The Hall–Kier alpha value is -1.36. The van der Waals surface area contributed by atoms with Gasteiger partial charge < -0.3 is 23.7 Å². The molecule has 0 aliphatic heterocycles. The van der Waals surface area contributed by atoms with E-state index in [1.54, 1.807) is 0 Å². The monoisotopic (exact) mass is 321 g/mol. The van der Waals surface area contributed by atoms with Crippen molar-refractivity contribution in [1.82, 2.24) is 5.32 Å². The van der Waals surface area contributed by atoms with E-state index in [4.69, 9.17) is 18.4 Å². The van der Waals surface area contributed by atoms with Crippen LogP contribution in [0.15, 0.2) is 10.2 Å². The van der Waals surface area contributed by atoms with Gasteiger partial charge in [0.15, 0.2) is 0 Å². The molecule has 0 bridgehead atoms. The zero-order valence-electron chi connectivity index (χ0n) is 12.6. The number of carbonyl (C=O) groups is 2. The molecule has 3 amide bonds. The lowest BCUT2D eigenvalue weighted by Gasteiger charge is -2.28. The topological polar surface area (TPSA) is 119 Å². The quantitative estimate of drug-likeness (QED) is 0.362. The molecule has 0 fully saturated rings. The number of nitrogens with one attached hydrogen (secondary N) is 1. The number of rotatable bonds is 10. The van der Waals surface area contributed by atoms with Gasteiger partial charge in [-0.3, -0.25) is 0 Å². The highest BCUT2D eigenvalue weighted by atomic mass is 28.4. The Labute approximate surface area is 125 Å². The maximum atomic E-state index is 11.1. The Morgan fingerprint density at radius 2 is 1.57 bits per heavy atom. The number of hydrogen-bond acceptors (Lipinski definition) is 5. The molecule has 0 saturated heterocycles. The number of carboxylic acid groups (broad SMARTS) is 1. The molecule has 0 saturated carbocycles. The van der Waals surface area contributed by atoms with E-state index in [2.05, 4.69) is 15.5 Å². The summed E-state index contributed by atoms with van der Waals surface area (Å²) < 4.78 is 17.0. The van der Waals surface area contributed by atoms with Crippen LogP contribution in [0.25, 0.3) is 0 Å². The van der Waals surface area contributed by atoms with Crippen LogP contribution in [-0.2, 0) is 13.3 Å². The fourth-order valence-corrected chi connectivity index (χ4v) is 4.24. The highest BCUT2D eigenvalue weighted by Crippen LogP contribution is 2.17. The Balaban J connectivity index is 4.23. The Morgan fingerprint density at radius 1 is 1.05 bits per heavy atom. The van der Waals surface area contributed by atoms with Crippen molar-refractivity contribution < 1.29 is 28.0 Å². The zero-order chi connectivity index (χ0) is 16.1. The molecule has 9 nitrogen and oxygen atoms in total. The molecule has 0 atom stereocenters. The lowest BCUT2D eigenvalue weighted by atomic mass is 10.5. The molecule has 0 aliphatic carbocycles. The summed E-state index contributed by atoms with van der Waals surface area (Å²) in [5.74, 6) is 0. The van der Waals surface area contributed by atoms with E-state index < -0.39 is 20.9 Å². The molecule has 0 heterocycles. The molecule has 0 radical (unpaired) electrons. The van der Waals surface area contributed by atoms with Crippen LogP contribution >= 0.6 is 0 Å². The highest BCUT2D eigenvalue weighted by Gasteiger charge is 2.39. The molecule has 0 aromatic heterocycles. The fourth-order valence-electron chi connectivity index (χ4n) is 1.63. The lowest BCUT2D eigenvalue weighted by Crippen LogP contribution is -2.46. The van der Waals surface area contributed by atoms with E-state index in [0.717, 1.165) is 0 Å². The van der Waals surface area contributed by atoms with Gasteiger partial charge in [0.2, 0.25) is 0 Å². The van der Waals surface area contributed by atoms with Crippen molar-refractivity contribution >= 4 is 20.9 Å². The molecular formula is C11H23N3O6Si. The van der Waals surface area contributed by atoms with Crippen molar-refractivity contribution in [1.29, 1.82) is 0 Å². The van der Waals surface area contributed by atoms with Crippen LogP contribution in [0.4, 0.5) is 9.59 Å². The Morgan fingerprint density at radius 3 is 2.00 bits per heavy atom.